The Balaban J connectivity index is 0.936. The Hall–Kier alpha value is -0.640. The van der Waals surface area contributed by atoms with Crippen molar-refractivity contribution in [2.75, 3.05) is 39.6 Å². The first-order chi connectivity index (χ1) is 23.2. The first-order valence-corrected chi connectivity index (χ1v) is 21.3. The highest BCUT2D eigenvalue weighted by Crippen LogP contribution is 2.43. The van der Waals surface area contributed by atoms with Crippen LogP contribution in [0.5, 0.6) is 0 Å². The smallest absolute Gasteiger partial charge is 0.0651 e. The minimum absolute atomic E-state index is 0.767. The first kappa shape index (κ1) is 39.2. The van der Waals surface area contributed by atoms with Crippen molar-refractivity contribution in [2.24, 2.45) is 47.3 Å². The summed E-state index contributed by atoms with van der Waals surface area (Å²) < 4.78 is 17.9. The van der Waals surface area contributed by atoms with Crippen molar-refractivity contribution >= 4 is 0 Å². The fraction of sp³-hybridized carbons (Fsp3) is 0.909. The lowest BCUT2D eigenvalue weighted by Gasteiger charge is -2.37. The van der Waals surface area contributed by atoms with Crippen LogP contribution in [-0.2, 0) is 14.2 Å². The van der Waals surface area contributed by atoms with Crippen molar-refractivity contribution in [3.8, 4) is 0 Å². The van der Waals surface area contributed by atoms with E-state index in [-0.39, 0.29) is 0 Å². The van der Waals surface area contributed by atoms with Crippen molar-refractivity contribution in [1.29, 1.82) is 0 Å². The van der Waals surface area contributed by atoms with Crippen LogP contribution in [0, 0.1) is 47.3 Å². The number of unbranched alkanes of at least 4 members (excludes halogenated alkanes) is 4. The van der Waals surface area contributed by atoms with Crippen LogP contribution in [0.15, 0.2) is 24.3 Å². The van der Waals surface area contributed by atoms with Crippen LogP contribution in [0.2, 0.25) is 0 Å². The number of ether oxygens (including phenoxy) is 3. The van der Waals surface area contributed by atoms with E-state index in [4.69, 9.17) is 14.2 Å². The zero-order valence-electron chi connectivity index (χ0n) is 31.4. The van der Waals surface area contributed by atoms with Crippen LogP contribution in [0.25, 0.3) is 0 Å². The molecule has 3 heteroatoms. The lowest BCUT2D eigenvalue weighted by molar-refractivity contribution is 0.0631. The van der Waals surface area contributed by atoms with Crippen LogP contribution in [0.1, 0.15) is 168 Å². The van der Waals surface area contributed by atoms with Crippen LogP contribution < -0.4 is 0 Å². The molecule has 0 aromatic heterocycles. The molecule has 0 N–H and O–H groups in total. The molecule has 0 amide bonds. The average molecular weight is 655 g/mol. The second-order valence-electron chi connectivity index (χ2n) is 16.6. The number of allylic oxidation sites excluding steroid dienone is 2. The van der Waals surface area contributed by atoms with Gasteiger partial charge in [0.1, 0.15) is 0 Å². The highest BCUT2D eigenvalue weighted by molar-refractivity contribution is 4.90. The molecule has 0 radical (unpaired) electrons. The molecule has 4 aliphatic carbocycles. The van der Waals surface area contributed by atoms with Gasteiger partial charge in [0, 0.05) is 26.4 Å². The third-order valence-electron chi connectivity index (χ3n) is 13.1. The summed E-state index contributed by atoms with van der Waals surface area (Å²) >= 11 is 0. The van der Waals surface area contributed by atoms with Gasteiger partial charge in [-0.25, -0.2) is 0 Å². The van der Waals surface area contributed by atoms with Gasteiger partial charge in [-0.15, -0.1) is 0 Å². The highest BCUT2D eigenvalue weighted by atomic mass is 16.5. The number of hydrogen-bond donors (Lipinski definition) is 0. The molecule has 0 unspecified atom stereocenters. The molecule has 3 nitrogen and oxygen atoms in total. The molecule has 4 fully saturated rings. The van der Waals surface area contributed by atoms with Gasteiger partial charge in [-0.1, -0.05) is 63.8 Å². The minimum Gasteiger partial charge on any atom is -0.381 e. The topological polar surface area (TPSA) is 27.7 Å². The van der Waals surface area contributed by atoms with E-state index >= 15 is 0 Å². The Morgan fingerprint density at radius 2 is 0.723 bits per heavy atom. The molecule has 0 atom stereocenters. The van der Waals surface area contributed by atoms with E-state index in [1.54, 1.807) is 0 Å². The summed E-state index contributed by atoms with van der Waals surface area (Å²) in [6.07, 6.45) is 42.7. The Morgan fingerprint density at radius 1 is 0.383 bits per heavy atom. The molecule has 0 spiro atoms. The predicted octanol–water partition coefficient (Wildman–Crippen LogP) is 12.5. The van der Waals surface area contributed by atoms with Crippen molar-refractivity contribution in [3.05, 3.63) is 24.3 Å². The van der Waals surface area contributed by atoms with Crippen molar-refractivity contribution < 1.29 is 14.2 Å². The van der Waals surface area contributed by atoms with E-state index in [1.165, 1.54) is 154 Å². The number of rotatable bonds is 22. The molecule has 0 aliphatic heterocycles. The molecule has 0 bridgehead atoms. The van der Waals surface area contributed by atoms with E-state index in [0.29, 0.717) is 0 Å². The van der Waals surface area contributed by atoms with Crippen LogP contribution >= 0.6 is 0 Å². The third kappa shape index (κ3) is 15.8. The van der Waals surface area contributed by atoms with E-state index in [1.807, 2.05) is 0 Å². The van der Waals surface area contributed by atoms with Crippen molar-refractivity contribution in [2.45, 2.75) is 168 Å². The summed E-state index contributed by atoms with van der Waals surface area (Å²) in [6, 6.07) is 0. The van der Waals surface area contributed by atoms with E-state index in [2.05, 4.69) is 38.2 Å². The maximum atomic E-state index is 5.98. The standard InChI is InChI=1S/C44H78O3/c1-3-5-9-33-46-35-39-19-27-43(28-20-39)41-23-15-37(16-24-41)13-7-11-31-45-32-12-8-14-38-17-25-42(26-18-38)44-29-21-40(22-30-44)36-47-34-10-6-4-2/h7-8,11-12,37-44H,3-6,9-10,13-36H2,1-2H3. The summed E-state index contributed by atoms with van der Waals surface area (Å²) in [5.41, 5.74) is 0. The molecule has 47 heavy (non-hydrogen) atoms. The average Bonchev–Trinajstić information content (AvgIpc) is 3.12. The van der Waals surface area contributed by atoms with Gasteiger partial charge >= 0.3 is 0 Å². The van der Waals surface area contributed by atoms with Crippen molar-refractivity contribution in [3.63, 3.8) is 0 Å². The SMILES string of the molecule is CCCCCOCC1CCC(C2CCC(CC=CCOCC=CCC3CCC(C4CCC(COCCCCC)CC4)CC3)CC2)CC1. The zero-order valence-corrected chi connectivity index (χ0v) is 31.4. The zero-order chi connectivity index (χ0) is 32.8. The van der Waals surface area contributed by atoms with Gasteiger partial charge in [0.15, 0.2) is 0 Å². The van der Waals surface area contributed by atoms with Gasteiger partial charge < -0.3 is 14.2 Å². The summed E-state index contributed by atoms with van der Waals surface area (Å²) in [7, 11) is 0. The monoisotopic (exact) mass is 655 g/mol. The number of hydrogen-bond acceptors (Lipinski definition) is 3. The molecule has 4 rings (SSSR count). The second kappa shape index (κ2) is 24.5. The summed E-state index contributed by atoms with van der Waals surface area (Å²) in [6.45, 7) is 10.1. The van der Waals surface area contributed by atoms with Gasteiger partial charge in [0.05, 0.1) is 13.2 Å². The summed E-state index contributed by atoms with van der Waals surface area (Å²) in [4.78, 5) is 0. The van der Waals surface area contributed by atoms with Gasteiger partial charge in [-0.2, -0.15) is 0 Å². The maximum absolute atomic E-state index is 5.98. The van der Waals surface area contributed by atoms with Crippen LogP contribution in [0.3, 0.4) is 0 Å². The quantitative estimate of drug-likeness (QED) is 0.0859. The second-order valence-corrected chi connectivity index (χ2v) is 16.6. The fourth-order valence-corrected chi connectivity index (χ4v) is 9.77. The van der Waals surface area contributed by atoms with Gasteiger partial charge in [-0.05, 0) is 176 Å². The van der Waals surface area contributed by atoms with E-state index in [0.717, 1.165) is 87.0 Å². The fourth-order valence-electron chi connectivity index (χ4n) is 9.77. The molecule has 272 valence electrons. The molecule has 0 aromatic rings. The van der Waals surface area contributed by atoms with Crippen molar-refractivity contribution in [1.82, 2.24) is 0 Å². The van der Waals surface area contributed by atoms with E-state index in [9.17, 15) is 0 Å². The Labute approximate surface area is 292 Å². The van der Waals surface area contributed by atoms with Crippen LogP contribution in [0.4, 0.5) is 0 Å². The van der Waals surface area contributed by atoms with Gasteiger partial charge in [-0.3, -0.25) is 0 Å². The lowest BCUT2D eigenvalue weighted by atomic mass is 9.69. The normalized spacial score (nSPS) is 32.4. The Kier molecular flexibility index (Phi) is 20.4. The maximum Gasteiger partial charge on any atom is 0.0651 e. The van der Waals surface area contributed by atoms with Gasteiger partial charge in [0.2, 0.25) is 0 Å². The molecular weight excluding hydrogens is 576 g/mol. The Morgan fingerprint density at radius 3 is 1.06 bits per heavy atom. The minimum atomic E-state index is 0.767. The highest BCUT2D eigenvalue weighted by Gasteiger charge is 2.32. The first-order valence-electron chi connectivity index (χ1n) is 21.3. The third-order valence-corrected chi connectivity index (χ3v) is 13.1. The molecule has 0 heterocycles. The lowest BCUT2D eigenvalue weighted by Crippen LogP contribution is -2.27. The van der Waals surface area contributed by atoms with Gasteiger partial charge in [0.25, 0.3) is 0 Å². The van der Waals surface area contributed by atoms with E-state index < -0.39 is 0 Å². The molecule has 4 saturated carbocycles. The van der Waals surface area contributed by atoms with Crippen LogP contribution in [-0.4, -0.2) is 39.6 Å². The summed E-state index contributed by atoms with van der Waals surface area (Å²) in [5, 5.41) is 0. The largest absolute Gasteiger partial charge is 0.381 e. The predicted molar refractivity (Wildman–Crippen MR) is 201 cm³/mol. The molecule has 4 aliphatic rings. The molecule has 0 aromatic carbocycles. The Bertz CT molecular complexity index is 723. The summed E-state index contributed by atoms with van der Waals surface area (Å²) in [5.74, 6) is 7.48. The molecular formula is C44H78O3. The molecule has 0 saturated heterocycles.